The van der Waals surface area contributed by atoms with Crippen LogP contribution in [0.4, 0.5) is 0 Å². The highest BCUT2D eigenvalue weighted by atomic mass is 16.6. The van der Waals surface area contributed by atoms with Gasteiger partial charge in [-0.25, -0.2) is 0 Å². The first-order valence-electron chi connectivity index (χ1n) is 31.6. The maximum Gasteiger partial charge on any atom is 0.306 e. The van der Waals surface area contributed by atoms with E-state index in [9.17, 15) is 14.4 Å². The summed E-state index contributed by atoms with van der Waals surface area (Å²) in [6, 6.07) is 0. The van der Waals surface area contributed by atoms with Gasteiger partial charge in [0.15, 0.2) is 6.10 Å². The molecule has 0 saturated heterocycles. The highest BCUT2D eigenvalue weighted by molar-refractivity contribution is 5.71. The Morgan fingerprint density at radius 1 is 0.284 bits per heavy atom. The molecule has 0 aromatic rings. The second kappa shape index (κ2) is 62.1. The van der Waals surface area contributed by atoms with E-state index in [2.05, 4.69) is 106 Å². The van der Waals surface area contributed by atoms with Crippen LogP contribution in [0, 0.1) is 0 Å². The van der Waals surface area contributed by atoms with Gasteiger partial charge in [-0.1, -0.05) is 266 Å². The SMILES string of the molecule is CC/C=C\C/C=C\C/C=C\C/C=C\CCCCCCCCCCCCCCC(=O)OCC(COC(=O)CCCCCCC/C=C\C/C=C\CCC)OC(=O)CCCCCCCCC/C=C\CCCCCCCCC. The Labute approximate surface area is 458 Å². The van der Waals surface area contributed by atoms with Crippen molar-refractivity contribution in [3.05, 3.63) is 85.1 Å². The number of carbonyl (C=O) groups excluding carboxylic acids is 3. The zero-order chi connectivity index (χ0) is 53.6. The molecule has 6 heteroatoms. The maximum atomic E-state index is 12.9. The molecule has 0 N–H and O–H groups in total. The molecule has 0 spiro atoms. The standard InChI is InChI=1S/C68H118O6/c1-4-7-10-13-16-19-22-25-27-29-31-32-33-34-35-36-37-39-40-43-46-49-52-55-58-61-67(70)73-64-65(63-72-66(69)60-57-54-51-48-45-42-24-21-18-15-12-9-6-3)74-68(71)62-59-56-53-50-47-44-41-38-30-28-26-23-20-17-14-11-8-5-2/h7,10,12,15-16,19,21,24-25,27-28,30-32,65H,4-6,8-9,11,13-14,17-18,20,22-23,26,29,33-64H2,1-3H3/b10-7-,15-12-,19-16-,24-21-,27-25-,30-28-,32-31-. The van der Waals surface area contributed by atoms with Crippen molar-refractivity contribution in [1.29, 1.82) is 0 Å². The van der Waals surface area contributed by atoms with Crippen LogP contribution in [0.25, 0.3) is 0 Å². The summed E-state index contributed by atoms with van der Waals surface area (Å²) >= 11 is 0. The molecule has 0 amide bonds. The molecule has 0 aliphatic rings. The van der Waals surface area contributed by atoms with Gasteiger partial charge in [-0.05, 0) is 109 Å². The van der Waals surface area contributed by atoms with Crippen molar-refractivity contribution in [2.75, 3.05) is 13.2 Å². The number of unbranched alkanes of at least 4 members (excludes halogenated alkanes) is 32. The highest BCUT2D eigenvalue weighted by Gasteiger charge is 2.19. The molecule has 0 aliphatic heterocycles. The summed E-state index contributed by atoms with van der Waals surface area (Å²) in [4.78, 5) is 38.3. The Morgan fingerprint density at radius 3 is 0.892 bits per heavy atom. The van der Waals surface area contributed by atoms with E-state index in [1.165, 1.54) is 161 Å². The lowest BCUT2D eigenvalue weighted by molar-refractivity contribution is -0.167. The third-order valence-corrected chi connectivity index (χ3v) is 13.6. The molecule has 0 heterocycles. The van der Waals surface area contributed by atoms with Gasteiger partial charge in [0, 0.05) is 19.3 Å². The molecule has 0 bridgehead atoms. The molecule has 426 valence electrons. The van der Waals surface area contributed by atoms with E-state index in [-0.39, 0.29) is 31.1 Å². The Morgan fingerprint density at radius 2 is 0.554 bits per heavy atom. The van der Waals surface area contributed by atoms with Crippen LogP contribution >= 0.6 is 0 Å². The van der Waals surface area contributed by atoms with E-state index in [0.29, 0.717) is 19.3 Å². The fraction of sp³-hybridized carbons (Fsp3) is 0.750. The summed E-state index contributed by atoms with van der Waals surface area (Å²) in [5, 5.41) is 0. The van der Waals surface area contributed by atoms with Gasteiger partial charge in [0.2, 0.25) is 0 Å². The molecular weight excluding hydrogens is 913 g/mol. The van der Waals surface area contributed by atoms with Crippen LogP contribution < -0.4 is 0 Å². The summed E-state index contributed by atoms with van der Waals surface area (Å²) in [5.74, 6) is -0.892. The normalized spacial score (nSPS) is 12.6. The number of hydrogen-bond donors (Lipinski definition) is 0. The number of rotatable bonds is 57. The number of allylic oxidation sites excluding steroid dienone is 14. The zero-order valence-electron chi connectivity index (χ0n) is 48.8. The van der Waals surface area contributed by atoms with E-state index < -0.39 is 6.10 Å². The average molecular weight is 1030 g/mol. The van der Waals surface area contributed by atoms with Crippen molar-refractivity contribution in [1.82, 2.24) is 0 Å². The number of esters is 3. The molecular formula is C68H118O6. The number of hydrogen-bond acceptors (Lipinski definition) is 6. The molecule has 0 fully saturated rings. The van der Waals surface area contributed by atoms with Gasteiger partial charge < -0.3 is 14.2 Å². The minimum absolute atomic E-state index is 0.0824. The lowest BCUT2D eigenvalue weighted by Crippen LogP contribution is -2.30. The zero-order valence-corrected chi connectivity index (χ0v) is 48.8. The van der Waals surface area contributed by atoms with Crippen molar-refractivity contribution in [3.8, 4) is 0 Å². The molecule has 0 aliphatic carbocycles. The van der Waals surface area contributed by atoms with Crippen LogP contribution in [-0.2, 0) is 28.6 Å². The minimum Gasteiger partial charge on any atom is -0.462 e. The summed E-state index contributed by atoms with van der Waals surface area (Å²) in [5.41, 5.74) is 0. The van der Waals surface area contributed by atoms with E-state index >= 15 is 0 Å². The molecule has 1 unspecified atom stereocenters. The molecule has 0 rings (SSSR count). The molecule has 0 saturated carbocycles. The molecule has 0 aromatic heterocycles. The summed E-state index contributed by atoms with van der Waals surface area (Å²) < 4.78 is 16.9. The van der Waals surface area contributed by atoms with Crippen LogP contribution in [0.1, 0.15) is 310 Å². The lowest BCUT2D eigenvalue weighted by atomic mass is 10.0. The molecule has 1 atom stereocenters. The quantitative estimate of drug-likeness (QED) is 0.0261. The van der Waals surface area contributed by atoms with Gasteiger partial charge in [0.25, 0.3) is 0 Å². The topological polar surface area (TPSA) is 78.9 Å². The smallest absolute Gasteiger partial charge is 0.306 e. The van der Waals surface area contributed by atoms with Crippen molar-refractivity contribution in [2.24, 2.45) is 0 Å². The minimum atomic E-state index is -0.786. The second-order valence-electron chi connectivity index (χ2n) is 20.9. The first kappa shape index (κ1) is 70.6. The Balaban J connectivity index is 4.31. The van der Waals surface area contributed by atoms with Gasteiger partial charge in [0.05, 0.1) is 0 Å². The monoisotopic (exact) mass is 1030 g/mol. The Bertz CT molecular complexity index is 1420. The molecule has 74 heavy (non-hydrogen) atoms. The fourth-order valence-corrected chi connectivity index (χ4v) is 8.88. The predicted molar refractivity (Wildman–Crippen MR) is 321 cm³/mol. The maximum absolute atomic E-state index is 12.9. The van der Waals surface area contributed by atoms with Gasteiger partial charge in [-0.3, -0.25) is 14.4 Å². The summed E-state index contributed by atoms with van der Waals surface area (Å²) in [6.45, 7) is 6.47. The summed E-state index contributed by atoms with van der Waals surface area (Å²) in [6.07, 6.45) is 81.6. The average Bonchev–Trinajstić information content (AvgIpc) is 3.40. The van der Waals surface area contributed by atoms with E-state index in [4.69, 9.17) is 14.2 Å². The lowest BCUT2D eigenvalue weighted by Gasteiger charge is -2.18. The Hall–Kier alpha value is -3.41. The number of ether oxygens (including phenoxy) is 3. The second-order valence-corrected chi connectivity index (χ2v) is 20.9. The van der Waals surface area contributed by atoms with Crippen LogP contribution in [0.2, 0.25) is 0 Å². The first-order chi connectivity index (χ1) is 36.5. The van der Waals surface area contributed by atoms with Gasteiger partial charge in [-0.15, -0.1) is 0 Å². The first-order valence-corrected chi connectivity index (χ1v) is 31.6. The largest absolute Gasteiger partial charge is 0.462 e. The van der Waals surface area contributed by atoms with E-state index in [0.717, 1.165) is 109 Å². The molecule has 0 radical (unpaired) electrons. The van der Waals surface area contributed by atoms with Crippen molar-refractivity contribution in [3.63, 3.8) is 0 Å². The number of carbonyl (C=O) groups is 3. The van der Waals surface area contributed by atoms with Crippen LogP contribution in [0.5, 0.6) is 0 Å². The predicted octanol–water partition coefficient (Wildman–Crippen LogP) is 21.5. The molecule has 6 nitrogen and oxygen atoms in total. The third kappa shape index (κ3) is 59.5. The van der Waals surface area contributed by atoms with E-state index in [1.807, 2.05) is 0 Å². The van der Waals surface area contributed by atoms with Crippen LogP contribution in [0.15, 0.2) is 85.1 Å². The van der Waals surface area contributed by atoms with Crippen LogP contribution in [0.3, 0.4) is 0 Å². The fourth-order valence-electron chi connectivity index (χ4n) is 8.88. The third-order valence-electron chi connectivity index (χ3n) is 13.6. The van der Waals surface area contributed by atoms with Crippen molar-refractivity contribution >= 4 is 17.9 Å². The Kier molecular flexibility index (Phi) is 59.3. The van der Waals surface area contributed by atoms with Crippen molar-refractivity contribution in [2.45, 2.75) is 316 Å². The van der Waals surface area contributed by atoms with Crippen LogP contribution in [-0.4, -0.2) is 37.2 Å². The van der Waals surface area contributed by atoms with Gasteiger partial charge in [0.1, 0.15) is 13.2 Å². The van der Waals surface area contributed by atoms with E-state index in [1.54, 1.807) is 0 Å². The summed E-state index contributed by atoms with van der Waals surface area (Å²) in [7, 11) is 0. The molecule has 0 aromatic carbocycles. The highest BCUT2D eigenvalue weighted by Crippen LogP contribution is 2.16. The van der Waals surface area contributed by atoms with Gasteiger partial charge in [-0.2, -0.15) is 0 Å². The van der Waals surface area contributed by atoms with Gasteiger partial charge >= 0.3 is 17.9 Å². The van der Waals surface area contributed by atoms with Crippen molar-refractivity contribution < 1.29 is 28.6 Å².